The van der Waals surface area contributed by atoms with Gasteiger partial charge in [-0.3, -0.25) is 9.59 Å². The van der Waals surface area contributed by atoms with Crippen LogP contribution in [0.25, 0.3) is 10.8 Å². The van der Waals surface area contributed by atoms with E-state index in [-0.39, 0.29) is 17.9 Å². The summed E-state index contributed by atoms with van der Waals surface area (Å²) in [6, 6.07) is 12.9. The van der Waals surface area contributed by atoms with Crippen LogP contribution in [0.2, 0.25) is 0 Å². The van der Waals surface area contributed by atoms with Crippen LogP contribution < -0.4 is 5.32 Å². The molecule has 0 radical (unpaired) electrons. The molecule has 1 aliphatic heterocycles. The molecule has 1 aliphatic rings. The summed E-state index contributed by atoms with van der Waals surface area (Å²) in [5, 5.41) is 5.46. The number of hydrogen-bond acceptors (Lipinski definition) is 5. The van der Waals surface area contributed by atoms with E-state index in [1.165, 1.54) is 11.3 Å². The standard InChI is InChI=1S/C20H19N3O3S/c24-18(16-13-27-19(22-16)17-7-4-12-26-17)21-15-8-10-23(11-9-15)20(25)14-5-2-1-3-6-14/h1-7,12-13,15H,8-11H2,(H,21,24). The Morgan fingerprint density at radius 1 is 1.11 bits per heavy atom. The highest BCUT2D eigenvalue weighted by atomic mass is 32.1. The van der Waals surface area contributed by atoms with Crippen LogP contribution in [-0.2, 0) is 0 Å². The lowest BCUT2D eigenvalue weighted by Gasteiger charge is -2.32. The van der Waals surface area contributed by atoms with Crippen LogP contribution in [0.5, 0.6) is 0 Å². The number of thiazole rings is 1. The molecule has 7 heteroatoms. The fourth-order valence-corrected chi connectivity index (χ4v) is 3.91. The number of carbonyl (C=O) groups is 2. The summed E-state index contributed by atoms with van der Waals surface area (Å²) in [6.45, 7) is 1.26. The van der Waals surface area contributed by atoms with E-state index in [2.05, 4.69) is 10.3 Å². The van der Waals surface area contributed by atoms with Crippen LogP contribution >= 0.6 is 11.3 Å². The Morgan fingerprint density at radius 2 is 1.89 bits per heavy atom. The molecular formula is C20H19N3O3S. The highest BCUT2D eigenvalue weighted by Gasteiger charge is 2.25. The number of likely N-dealkylation sites (tertiary alicyclic amines) is 1. The van der Waals surface area contributed by atoms with Gasteiger partial charge in [-0.25, -0.2) is 4.98 Å². The van der Waals surface area contributed by atoms with Gasteiger partial charge < -0.3 is 14.6 Å². The number of benzene rings is 1. The Hall–Kier alpha value is -2.93. The topological polar surface area (TPSA) is 75.4 Å². The zero-order valence-electron chi connectivity index (χ0n) is 14.6. The maximum absolute atomic E-state index is 12.5. The fourth-order valence-electron chi connectivity index (χ4n) is 3.14. The minimum absolute atomic E-state index is 0.0444. The quantitative estimate of drug-likeness (QED) is 0.751. The molecule has 2 aromatic heterocycles. The van der Waals surface area contributed by atoms with E-state index in [4.69, 9.17) is 4.42 Å². The number of amides is 2. The van der Waals surface area contributed by atoms with Gasteiger partial charge >= 0.3 is 0 Å². The molecule has 27 heavy (non-hydrogen) atoms. The van der Waals surface area contributed by atoms with Gasteiger partial charge in [0.15, 0.2) is 10.8 Å². The van der Waals surface area contributed by atoms with Crippen LogP contribution in [-0.4, -0.2) is 40.8 Å². The van der Waals surface area contributed by atoms with Crippen LogP contribution in [0.4, 0.5) is 0 Å². The summed E-state index contributed by atoms with van der Waals surface area (Å²) in [4.78, 5) is 31.1. The molecule has 3 aromatic rings. The summed E-state index contributed by atoms with van der Waals surface area (Å²) >= 11 is 1.38. The molecule has 3 heterocycles. The van der Waals surface area contributed by atoms with Gasteiger partial charge in [0.25, 0.3) is 11.8 Å². The number of hydrogen-bond donors (Lipinski definition) is 1. The molecule has 0 saturated carbocycles. The largest absolute Gasteiger partial charge is 0.462 e. The predicted octanol–water partition coefficient (Wildman–Crippen LogP) is 3.44. The average molecular weight is 381 g/mol. The zero-order valence-corrected chi connectivity index (χ0v) is 15.4. The molecule has 0 bridgehead atoms. The number of aromatic nitrogens is 1. The van der Waals surface area contributed by atoms with Gasteiger partial charge in [0.1, 0.15) is 5.69 Å². The maximum Gasteiger partial charge on any atom is 0.270 e. The number of rotatable bonds is 4. The third kappa shape index (κ3) is 3.93. The molecule has 0 spiro atoms. The van der Waals surface area contributed by atoms with E-state index >= 15 is 0 Å². The van der Waals surface area contributed by atoms with Crippen molar-refractivity contribution in [2.24, 2.45) is 0 Å². The number of nitrogens with one attached hydrogen (secondary N) is 1. The van der Waals surface area contributed by atoms with Gasteiger partial charge in [-0.1, -0.05) is 18.2 Å². The zero-order chi connectivity index (χ0) is 18.6. The summed E-state index contributed by atoms with van der Waals surface area (Å²) < 4.78 is 5.31. The van der Waals surface area contributed by atoms with Crippen molar-refractivity contribution in [1.29, 1.82) is 0 Å². The predicted molar refractivity (Wildman–Crippen MR) is 103 cm³/mol. The monoisotopic (exact) mass is 381 g/mol. The van der Waals surface area contributed by atoms with Crippen molar-refractivity contribution in [1.82, 2.24) is 15.2 Å². The lowest BCUT2D eigenvalue weighted by Crippen LogP contribution is -2.46. The second kappa shape index (κ2) is 7.75. The van der Waals surface area contributed by atoms with Crippen molar-refractivity contribution >= 4 is 23.2 Å². The molecule has 0 aliphatic carbocycles. The van der Waals surface area contributed by atoms with E-state index in [0.717, 1.165) is 12.8 Å². The first-order valence-electron chi connectivity index (χ1n) is 8.85. The lowest BCUT2D eigenvalue weighted by molar-refractivity contribution is 0.0697. The SMILES string of the molecule is O=C(NC1CCN(C(=O)c2ccccc2)CC1)c1csc(-c2ccco2)n1. The van der Waals surface area contributed by atoms with E-state index in [1.807, 2.05) is 41.3 Å². The smallest absolute Gasteiger partial charge is 0.270 e. The van der Waals surface area contributed by atoms with Crippen LogP contribution in [0.15, 0.2) is 58.5 Å². The molecule has 138 valence electrons. The first-order chi connectivity index (χ1) is 13.2. The Kier molecular flexibility index (Phi) is 5.02. The molecule has 4 rings (SSSR count). The summed E-state index contributed by atoms with van der Waals surface area (Å²) in [5.41, 5.74) is 1.10. The first kappa shape index (κ1) is 17.5. The molecule has 1 N–H and O–H groups in total. The maximum atomic E-state index is 12.5. The van der Waals surface area contributed by atoms with E-state index in [9.17, 15) is 9.59 Å². The van der Waals surface area contributed by atoms with Crippen molar-refractivity contribution in [3.8, 4) is 10.8 Å². The van der Waals surface area contributed by atoms with Gasteiger partial charge in [-0.05, 0) is 37.1 Å². The molecule has 0 unspecified atom stereocenters. The average Bonchev–Trinajstić information content (AvgIpc) is 3.40. The minimum Gasteiger partial charge on any atom is -0.462 e. The third-order valence-electron chi connectivity index (χ3n) is 4.61. The van der Waals surface area contributed by atoms with Crippen molar-refractivity contribution in [3.05, 3.63) is 65.4 Å². The molecule has 1 saturated heterocycles. The fraction of sp³-hybridized carbons (Fsp3) is 0.250. The van der Waals surface area contributed by atoms with Crippen LogP contribution in [0.1, 0.15) is 33.7 Å². The van der Waals surface area contributed by atoms with Crippen LogP contribution in [0, 0.1) is 0 Å². The van der Waals surface area contributed by atoms with E-state index in [1.54, 1.807) is 17.7 Å². The number of furan rings is 1. The molecule has 0 atom stereocenters. The van der Waals surface area contributed by atoms with Crippen molar-refractivity contribution in [2.45, 2.75) is 18.9 Å². The van der Waals surface area contributed by atoms with E-state index in [0.29, 0.717) is 35.1 Å². The highest BCUT2D eigenvalue weighted by Crippen LogP contribution is 2.24. The van der Waals surface area contributed by atoms with Gasteiger partial charge in [-0.2, -0.15) is 0 Å². The van der Waals surface area contributed by atoms with Gasteiger partial charge in [0, 0.05) is 30.1 Å². The van der Waals surface area contributed by atoms with Gasteiger partial charge in [0.05, 0.1) is 6.26 Å². The summed E-state index contributed by atoms with van der Waals surface area (Å²) in [5.74, 6) is 0.520. The van der Waals surface area contributed by atoms with Crippen molar-refractivity contribution < 1.29 is 14.0 Å². The first-order valence-corrected chi connectivity index (χ1v) is 9.73. The van der Waals surface area contributed by atoms with Crippen LogP contribution in [0.3, 0.4) is 0 Å². The Labute approximate surface area is 160 Å². The number of piperidine rings is 1. The summed E-state index contributed by atoms with van der Waals surface area (Å²) in [6.07, 6.45) is 3.06. The van der Waals surface area contributed by atoms with Crippen molar-refractivity contribution in [3.63, 3.8) is 0 Å². The third-order valence-corrected chi connectivity index (χ3v) is 5.46. The second-order valence-corrected chi connectivity index (χ2v) is 7.28. The molecule has 2 amide bonds. The number of nitrogens with zero attached hydrogens (tertiary/aromatic N) is 2. The normalized spacial score (nSPS) is 14.9. The van der Waals surface area contributed by atoms with Crippen molar-refractivity contribution in [2.75, 3.05) is 13.1 Å². The Bertz CT molecular complexity index is 913. The molecule has 1 fully saturated rings. The minimum atomic E-state index is -0.183. The molecule has 1 aromatic carbocycles. The summed E-state index contributed by atoms with van der Waals surface area (Å²) in [7, 11) is 0. The van der Waals surface area contributed by atoms with Gasteiger partial charge in [-0.15, -0.1) is 11.3 Å². The Balaban J connectivity index is 1.31. The second-order valence-electron chi connectivity index (χ2n) is 6.42. The lowest BCUT2D eigenvalue weighted by atomic mass is 10.0. The molecule has 6 nitrogen and oxygen atoms in total. The van der Waals surface area contributed by atoms with Gasteiger partial charge in [0.2, 0.25) is 0 Å². The Morgan fingerprint density at radius 3 is 2.59 bits per heavy atom. The van der Waals surface area contributed by atoms with E-state index < -0.39 is 0 Å². The molecular weight excluding hydrogens is 362 g/mol. The highest BCUT2D eigenvalue weighted by molar-refractivity contribution is 7.13. The number of carbonyl (C=O) groups excluding carboxylic acids is 2.